The fourth-order valence-corrected chi connectivity index (χ4v) is 4.26. The molecule has 1 aliphatic carbocycles. The summed E-state index contributed by atoms with van der Waals surface area (Å²) >= 11 is 1.71. The maximum Gasteiger partial charge on any atom is 0.289 e. The summed E-state index contributed by atoms with van der Waals surface area (Å²) in [5, 5.41) is 0. The van der Waals surface area contributed by atoms with Gasteiger partial charge in [-0.1, -0.05) is 19.3 Å². The van der Waals surface area contributed by atoms with Crippen molar-refractivity contribution in [2.45, 2.75) is 50.3 Å². The molecule has 1 aromatic heterocycles. The Balaban J connectivity index is 1.57. The molecule has 128 valence electrons. The Morgan fingerprint density at radius 3 is 2.74 bits per heavy atom. The van der Waals surface area contributed by atoms with Gasteiger partial charge in [-0.15, -0.1) is 0 Å². The molecule has 0 aromatic carbocycles. The van der Waals surface area contributed by atoms with Gasteiger partial charge in [0.2, 0.25) is 0 Å². The van der Waals surface area contributed by atoms with Gasteiger partial charge in [-0.05, 0) is 37.7 Å². The van der Waals surface area contributed by atoms with E-state index in [-0.39, 0.29) is 5.91 Å². The fourth-order valence-electron chi connectivity index (χ4n) is 3.82. The number of carbonyl (C=O) groups excluding carboxylic acids is 1. The zero-order valence-electron chi connectivity index (χ0n) is 14.1. The molecule has 0 N–H and O–H groups in total. The normalized spacial score (nSPS) is 21.3. The summed E-state index contributed by atoms with van der Waals surface area (Å²) in [6, 6.07) is 4.50. The number of hydrogen-bond donors (Lipinski definition) is 0. The molecular weight excluding hydrogens is 308 g/mol. The molecule has 0 atom stereocenters. The molecule has 23 heavy (non-hydrogen) atoms. The van der Waals surface area contributed by atoms with Gasteiger partial charge in [0.1, 0.15) is 5.76 Å². The number of amides is 1. The average Bonchev–Trinajstić information content (AvgIpc) is 2.91. The van der Waals surface area contributed by atoms with Gasteiger partial charge in [0.05, 0.1) is 5.75 Å². The zero-order chi connectivity index (χ0) is 16.1. The third-order valence-electron chi connectivity index (χ3n) is 5.07. The summed E-state index contributed by atoms with van der Waals surface area (Å²) in [6.45, 7) is 3.81. The minimum Gasteiger partial charge on any atom is -0.455 e. The predicted octanol–water partition coefficient (Wildman–Crippen LogP) is 3.62. The molecule has 1 aromatic rings. The van der Waals surface area contributed by atoms with E-state index in [9.17, 15) is 4.79 Å². The van der Waals surface area contributed by atoms with E-state index in [1.165, 1.54) is 32.1 Å². The van der Waals surface area contributed by atoms with E-state index in [4.69, 9.17) is 4.42 Å². The molecule has 2 fully saturated rings. The highest BCUT2D eigenvalue weighted by molar-refractivity contribution is 7.97. The van der Waals surface area contributed by atoms with E-state index in [0.717, 1.165) is 50.2 Å². The first kappa shape index (κ1) is 16.9. The van der Waals surface area contributed by atoms with Crippen LogP contribution in [-0.4, -0.2) is 54.2 Å². The van der Waals surface area contributed by atoms with Crippen molar-refractivity contribution in [1.82, 2.24) is 9.80 Å². The van der Waals surface area contributed by atoms with Gasteiger partial charge in [-0.3, -0.25) is 9.69 Å². The van der Waals surface area contributed by atoms with Crippen LogP contribution in [0, 0.1) is 0 Å². The Hall–Kier alpha value is -0.940. The number of carbonyl (C=O) groups is 1. The molecular formula is C18H28N2O2S. The van der Waals surface area contributed by atoms with Crippen molar-refractivity contribution in [3.63, 3.8) is 0 Å². The Morgan fingerprint density at radius 1 is 1.13 bits per heavy atom. The Labute approximate surface area is 143 Å². The molecule has 0 bridgehead atoms. The maximum absolute atomic E-state index is 12.7. The van der Waals surface area contributed by atoms with Crippen molar-refractivity contribution in [2.24, 2.45) is 0 Å². The van der Waals surface area contributed by atoms with E-state index < -0.39 is 0 Å². The smallest absolute Gasteiger partial charge is 0.289 e. The molecule has 1 saturated carbocycles. The molecule has 4 nitrogen and oxygen atoms in total. The van der Waals surface area contributed by atoms with Crippen molar-refractivity contribution in [3.8, 4) is 0 Å². The number of rotatable bonds is 4. The maximum atomic E-state index is 12.7. The first-order chi connectivity index (χ1) is 11.3. The second-order valence-corrected chi connectivity index (χ2v) is 7.54. The van der Waals surface area contributed by atoms with Crippen LogP contribution < -0.4 is 0 Å². The molecule has 1 amide bonds. The third kappa shape index (κ3) is 4.32. The SMILES string of the molecule is CSCc1ccc(C(=O)N2CCCN(C3CCCCC3)CC2)o1. The highest BCUT2D eigenvalue weighted by atomic mass is 32.2. The van der Waals surface area contributed by atoms with Crippen molar-refractivity contribution in [3.05, 3.63) is 23.7 Å². The van der Waals surface area contributed by atoms with E-state index in [1.54, 1.807) is 11.8 Å². The number of furan rings is 1. The van der Waals surface area contributed by atoms with Crippen molar-refractivity contribution in [2.75, 3.05) is 32.4 Å². The van der Waals surface area contributed by atoms with Crippen LogP contribution in [0.5, 0.6) is 0 Å². The van der Waals surface area contributed by atoms with Crippen LogP contribution in [-0.2, 0) is 5.75 Å². The standard InChI is InChI=1S/C18H28N2O2S/c1-23-14-16-8-9-17(22-16)18(21)20-11-5-10-19(12-13-20)15-6-3-2-4-7-15/h8-9,15H,2-7,10-14H2,1H3. The molecule has 0 radical (unpaired) electrons. The van der Waals surface area contributed by atoms with Gasteiger partial charge in [0.15, 0.2) is 5.76 Å². The molecule has 1 aliphatic heterocycles. The van der Waals surface area contributed by atoms with E-state index >= 15 is 0 Å². The van der Waals surface area contributed by atoms with Gasteiger partial charge >= 0.3 is 0 Å². The van der Waals surface area contributed by atoms with Crippen LogP contribution in [0.1, 0.15) is 54.8 Å². The first-order valence-corrected chi connectivity index (χ1v) is 10.3. The highest BCUT2D eigenvalue weighted by Gasteiger charge is 2.26. The van der Waals surface area contributed by atoms with Crippen LogP contribution >= 0.6 is 11.8 Å². The molecule has 1 saturated heterocycles. The fraction of sp³-hybridized carbons (Fsp3) is 0.722. The number of nitrogens with zero attached hydrogens (tertiary/aromatic N) is 2. The van der Waals surface area contributed by atoms with E-state index in [1.807, 2.05) is 23.3 Å². The summed E-state index contributed by atoms with van der Waals surface area (Å²) in [7, 11) is 0. The topological polar surface area (TPSA) is 36.7 Å². The quantitative estimate of drug-likeness (QED) is 0.841. The summed E-state index contributed by atoms with van der Waals surface area (Å²) in [5.74, 6) is 2.27. The molecule has 2 heterocycles. The van der Waals surface area contributed by atoms with Crippen LogP contribution in [0.25, 0.3) is 0 Å². The van der Waals surface area contributed by atoms with Crippen LogP contribution in [0.15, 0.2) is 16.5 Å². The Kier molecular flexibility index (Phi) is 6.06. The molecule has 5 heteroatoms. The summed E-state index contributed by atoms with van der Waals surface area (Å²) in [4.78, 5) is 17.3. The third-order valence-corrected chi connectivity index (χ3v) is 5.64. The Morgan fingerprint density at radius 2 is 1.96 bits per heavy atom. The number of thioether (sulfide) groups is 1. The second kappa shape index (κ2) is 8.25. The van der Waals surface area contributed by atoms with Gasteiger partial charge in [-0.2, -0.15) is 11.8 Å². The van der Waals surface area contributed by atoms with Crippen molar-refractivity contribution < 1.29 is 9.21 Å². The second-order valence-electron chi connectivity index (χ2n) is 6.67. The number of hydrogen-bond acceptors (Lipinski definition) is 4. The lowest BCUT2D eigenvalue weighted by Gasteiger charge is -2.33. The largest absolute Gasteiger partial charge is 0.455 e. The van der Waals surface area contributed by atoms with Gasteiger partial charge in [0.25, 0.3) is 5.91 Å². The minimum absolute atomic E-state index is 0.0582. The van der Waals surface area contributed by atoms with Crippen LogP contribution in [0.4, 0.5) is 0 Å². The molecule has 2 aliphatic rings. The van der Waals surface area contributed by atoms with Crippen LogP contribution in [0.2, 0.25) is 0 Å². The lowest BCUT2D eigenvalue weighted by atomic mass is 9.94. The monoisotopic (exact) mass is 336 g/mol. The molecule has 3 rings (SSSR count). The summed E-state index contributed by atoms with van der Waals surface area (Å²) < 4.78 is 5.70. The molecule has 0 spiro atoms. The van der Waals surface area contributed by atoms with Crippen molar-refractivity contribution in [1.29, 1.82) is 0 Å². The van der Waals surface area contributed by atoms with Gasteiger partial charge < -0.3 is 9.32 Å². The Bertz CT molecular complexity index is 511. The van der Waals surface area contributed by atoms with E-state index in [0.29, 0.717) is 5.76 Å². The summed E-state index contributed by atoms with van der Waals surface area (Å²) in [5.41, 5.74) is 0. The van der Waals surface area contributed by atoms with Crippen LogP contribution in [0.3, 0.4) is 0 Å². The minimum atomic E-state index is 0.0582. The first-order valence-electron chi connectivity index (χ1n) is 8.89. The predicted molar refractivity (Wildman–Crippen MR) is 94.9 cm³/mol. The summed E-state index contributed by atoms with van der Waals surface area (Å²) in [6.07, 6.45) is 9.92. The lowest BCUT2D eigenvalue weighted by Crippen LogP contribution is -2.40. The molecule has 0 unspecified atom stereocenters. The van der Waals surface area contributed by atoms with Crippen molar-refractivity contribution >= 4 is 17.7 Å². The zero-order valence-corrected chi connectivity index (χ0v) is 14.9. The lowest BCUT2D eigenvalue weighted by molar-refractivity contribution is 0.0722. The average molecular weight is 337 g/mol. The van der Waals surface area contributed by atoms with Gasteiger partial charge in [0, 0.05) is 32.2 Å². The highest BCUT2D eigenvalue weighted by Crippen LogP contribution is 2.24. The van der Waals surface area contributed by atoms with E-state index in [2.05, 4.69) is 4.90 Å². The van der Waals surface area contributed by atoms with Gasteiger partial charge in [-0.25, -0.2) is 0 Å².